The number of rotatable bonds is 19. The third kappa shape index (κ3) is 18.3. The molecule has 0 heterocycles. The minimum atomic E-state index is -1.36. The van der Waals surface area contributed by atoms with Crippen molar-refractivity contribution in [2.45, 2.75) is 111 Å². The van der Waals surface area contributed by atoms with E-state index in [9.17, 15) is 33.6 Å². The van der Waals surface area contributed by atoms with Crippen molar-refractivity contribution in [2.24, 2.45) is 0 Å². The molecule has 246 valence electrons. The summed E-state index contributed by atoms with van der Waals surface area (Å²) in [6, 6.07) is -3.76. The minimum absolute atomic E-state index is 0.0160. The highest BCUT2D eigenvalue weighted by atomic mass is 16.6. The largest absolute Gasteiger partial charge is 0.466 e. The summed E-state index contributed by atoms with van der Waals surface area (Å²) in [4.78, 5) is 87.0. The van der Waals surface area contributed by atoms with E-state index in [0.29, 0.717) is 0 Å². The van der Waals surface area contributed by atoms with Crippen molar-refractivity contribution in [2.75, 3.05) is 26.4 Å². The lowest BCUT2D eigenvalue weighted by Crippen LogP contribution is -2.53. The average Bonchev–Trinajstić information content (AvgIpc) is 2.90. The molecule has 0 aliphatic carbocycles. The Balaban J connectivity index is 5.70. The topological polar surface area (TPSA) is 202 Å². The van der Waals surface area contributed by atoms with Gasteiger partial charge in [-0.25, -0.2) is 14.4 Å². The van der Waals surface area contributed by atoms with E-state index in [4.69, 9.17) is 23.7 Å². The van der Waals surface area contributed by atoms with E-state index >= 15 is 0 Å². The Morgan fingerprint density at radius 2 is 0.977 bits per heavy atom. The quantitative estimate of drug-likeness (QED) is 0.139. The Hall–Kier alpha value is -3.91. The molecular weight excluding hydrogens is 570 g/mol. The van der Waals surface area contributed by atoms with Gasteiger partial charge in [0, 0.05) is 19.3 Å². The molecule has 3 atom stereocenters. The van der Waals surface area contributed by atoms with Crippen LogP contribution in [0.4, 0.5) is 4.79 Å². The normalized spacial score (nSPS) is 12.9. The summed E-state index contributed by atoms with van der Waals surface area (Å²) in [6.07, 6.45) is -2.12. The molecule has 3 unspecified atom stereocenters. The summed E-state index contributed by atoms with van der Waals surface area (Å²) in [5.41, 5.74) is -0.901. The van der Waals surface area contributed by atoms with Crippen LogP contribution in [0.5, 0.6) is 0 Å². The lowest BCUT2D eigenvalue weighted by molar-refractivity contribution is -0.149. The monoisotopic (exact) mass is 617 g/mol. The number of hydrogen-bond donors (Lipinski definition) is 3. The molecule has 0 bridgehead atoms. The number of alkyl carbamates (subject to hydrolysis) is 1. The molecule has 0 aromatic carbocycles. The average molecular weight is 618 g/mol. The summed E-state index contributed by atoms with van der Waals surface area (Å²) < 4.78 is 25.0. The van der Waals surface area contributed by atoms with Crippen molar-refractivity contribution in [3.63, 3.8) is 0 Å². The Morgan fingerprint density at radius 3 is 1.40 bits per heavy atom. The van der Waals surface area contributed by atoms with Crippen LogP contribution in [-0.4, -0.2) is 91.9 Å². The second-order valence-electron chi connectivity index (χ2n) is 10.1. The van der Waals surface area contributed by atoms with Crippen molar-refractivity contribution in [1.82, 2.24) is 16.0 Å². The van der Waals surface area contributed by atoms with Gasteiger partial charge in [-0.1, -0.05) is 0 Å². The first-order valence-corrected chi connectivity index (χ1v) is 14.4. The van der Waals surface area contributed by atoms with Gasteiger partial charge in [0.25, 0.3) is 0 Å². The van der Waals surface area contributed by atoms with Gasteiger partial charge in [0.1, 0.15) is 23.7 Å². The van der Waals surface area contributed by atoms with Gasteiger partial charge in [-0.15, -0.1) is 0 Å². The molecule has 15 nitrogen and oxygen atoms in total. The first-order valence-electron chi connectivity index (χ1n) is 14.4. The summed E-state index contributed by atoms with van der Waals surface area (Å²) in [5, 5.41) is 7.34. The predicted molar refractivity (Wildman–Crippen MR) is 151 cm³/mol. The highest BCUT2D eigenvalue weighted by Gasteiger charge is 2.31. The van der Waals surface area contributed by atoms with Crippen LogP contribution in [0.2, 0.25) is 0 Å². The van der Waals surface area contributed by atoms with Crippen LogP contribution >= 0.6 is 0 Å². The fourth-order valence-corrected chi connectivity index (χ4v) is 3.51. The standard InChI is InChI=1S/C28H47N3O12/c1-8-39-22(33)16-13-19(25(36)41-10-3)29-21(32)15-12-18(31-27(38)43-28(5,6)7)24(35)30-20(26(37)42-11-4)14-17-23(34)40-9-2/h18-20H,8-17H2,1-7H3,(H,29,32)(H,30,35)(H,31,38). The Bertz CT molecular complexity index is 948. The highest BCUT2D eigenvalue weighted by Crippen LogP contribution is 2.10. The minimum Gasteiger partial charge on any atom is -0.466 e. The number of carbonyl (C=O) groups is 7. The first kappa shape index (κ1) is 39.1. The van der Waals surface area contributed by atoms with Crippen LogP contribution in [0.25, 0.3) is 0 Å². The fourth-order valence-electron chi connectivity index (χ4n) is 3.51. The van der Waals surface area contributed by atoms with E-state index in [1.807, 2.05) is 0 Å². The molecule has 3 amide bonds. The number of amides is 3. The zero-order valence-electron chi connectivity index (χ0n) is 26.2. The highest BCUT2D eigenvalue weighted by molar-refractivity contribution is 5.91. The molecule has 0 aromatic rings. The van der Waals surface area contributed by atoms with E-state index < -0.39 is 65.5 Å². The Morgan fingerprint density at radius 1 is 0.558 bits per heavy atom. The summed E-state index contributed by atoms with van der Waals surface area (Å²) in [7, 11) is 0. The van der Waals surface area contributed by atoms with Gasteiger partial charge >= 0.3 is 30.0 Å². The SMILES string of the molecule is CCOC(=O)CCC(NC(=O)CCC(NC(=O)OC(C)(C)C)C(=O)NC(CCC(=O)OCC)C(=O)OCC)C(=O)OCC. The molecule has 0 saturated carbocycles. The van der Waals surface area contributed by atoms with Gasteiger partial charge in [0.15, 0.2) is 0 Å². The van der Waals surface area contributed by atoms with E-state index in [0.717, 1.165) is 0 Å². The van der Waals surface area contributed by atoms with Gasteiger partial charge in [-0.3, -0.25) is 19.2 Å². The molecule has 0 saturated heterocycles. The van der Waals surface area contributed by atoms with Crippen molar-refractivity contribution in [3.05, 3.63) is 0 Å². The van der Waals surface area contributed by atoms with Gasteiger partial charge in [-0.05, 0) is 67.7 Å². The summed E-state index contributed by atoms with van der Waals surface area (Å²) >= 11 is 0. The lowest BCUT2D eigenvalue weighted by atomic mass is 10.1. The maximum absolute atomic E-state index is 13.2. The lowest BCUT2D eigenvalue weighted by Gasteiger charge is -2.25. The van der Waals surface area contributed by atoms with E-state index in [1.54, 1.807) is 48.5 Å². The van der Waals surface area contributed by atoms with Gasteiger partial charge < -0.3 is 39.6 Å². The summed E-state index contributed by atoms with van der Waals surface area (Å²) in [6.45, 7) is 11.6. The zero-order valence-corrected chi connectivity index (χ0v) is 26.2. The van der Waals surface area contributed by atoms with Crippen LogP contribution < -0.4 is 16.0 Å². The molecule has 0 aliphatic heterocycles. The smallest absolute Gasteiger partial charge is 0.408 e. The van der Waals surface area contributed by atoms with Gasteiger partial charge in [0.2, 0.25) is 11.8 Å². The maximum atomic E-state index is 13.2. The molecule has 0 radical (unpaired) electrons. The molecule has 3 N–H and O–H groups in total. The molecule has 0 aliphatic rings. The maximum Gasteiger partial charge on any atom is 0.408 e. The molecule has 0 fully saturated rings. The van der Waals surface area contributed by atoms with Crippen LogP contribution in [0, 0.1) is 0 Å². The first-order chi connectivity index (χ1) is 20.2. The van der Waals surface area contributed by atoms with Crippen molar-refractivity contribution < 1.29 is 57.2 Å². The molecule has 15 heteroatoms. The second-order valence-corrected chi connectivity index (χ2v) is 10.1. The third-order valence-electron chi connectivity index (χ3n) is 5.35. The molecular formula is C28H47N3O12. The number of ether oxygens (including phenoxy) is 5. The van der Waals surface area contributed by atoms with Crippen LogP contribution in [0.3, 0.4) is 0 Å². The van der Waals surface area contributed by atoms with Crippen LogP contribution in [-0.2, 0) is 52.5 Å². The van der Waals surface area contributed by atoms with Crippen LogP contribution in [0.15, 0.2) is 0 Å². The Kier molecular flexibility index (Phi) is 19.0. The van der Waals surface area contributed by atoms with Gasteiger partial charge in [-0.2, -0.15) is 0 Å². The number of esters is 4. The molecule has 0 spiro atoms. The van der Waals surface area contributed by atoms with E-state index in [-0.39, 0.29) is 65.0 Å². The Labute approximate surface area is 252 Å². The third-order valence-corrected chi connectivity index (χ3v) is 5.35. The van der Waals surface area contributed by atoms with Gasteiger partial charge in [0.05, 0.1) is 26.4 Å². The molecule has 43 heavy (non-hydrogen) atoms. The fraction of sp³-hybridized carbons (Fsp3) is 0.750. The van der Waals surface area contributed by atoms with Crippen molar-refractivity contribution in [3.8, 4) is 0 Å². The number of carbonyl (C=O) groups excluding carboxylic acids is 7. The molecule has 0 rings (SSSR count). The summed E-state index contributed by atoms with van der Waals surface area (Å²) in [5.74, 6) is -4.19. The second kappa shape index (κ2) is 20.9. The number of nitrogens with one attached hydrogen (secondary N) is 3. The number of hydrogen-bond acceptors (Lipinski definition) is 12. The zero-order chi connectivity index (χ0) is 33.0. The van der Waals surface area contributed by atoms with Crippen molar-refractivity contribution >= 4 is 41.8 Å². The van der Waals surface area contributed by atoms with E-state index in [2.05, 4.69) is 16.0 Å². The van der Waals surface area contributed by atoms with Crippen LogP contribution in [0.1, 0.15) is 87.0 Å². The van der Waals surface area contributed by atoms with Crippen molar-refractivity contribution in [1.29, 1.82) is 0 Å². The predicted octanol–water partition coefficient (Wildman–Crippen LogP) is 1.44. The molecule has 0 aromatic heterocycles. The van der Waals surface area contributed by atoms with E-state index in [1.165, 1.54) is 0 Å².